The summed E-state index contributed by atoms with van der Waals surface area (Å²) < 4.78 is 5.23. The lowest BCUT2D eigenvalue weighted by molar-refractivity contribution is -0.129. The molecule has 144 valence electrons. The van der Waals surface area contributed by atoms with Crippen molar-refractivity contribution in [2.45, 2.75) is 19.3 Å². The van der Waals surface area contributed by atoms with E-state index >= 15 is 0 Å². The number of halogens is 1. The third-order valence-electron chi connectivity index (χ3n) is 4.57. The highest BCUT2D eigenvalue weighted by Gasteiger charge is 2.16. The molecule has 1 atom stereocenters. The van der Waals surface area contributed by atoms with Crippen molar-refractivity contribution in [1.29, 1.82) is 0 Å². The summed E-state index contributed by atoms with van der Waals surface area (Å²) in [5.41, 5.74) is 6.63. The smallest absolute Gasteiger partial charge is 0.245 e. The van der Waals surface area contributed by atoms with E-state index in [0.29, 0.717) is 5.02 Å². The van der Waals surface area contributed by atoms with E-state index in [1.807, 2.05) is 36.4 Å². The molecule has 0 heterocycles. The van der Waals surface area contributed by atoms with Gasteiger partial charge in [0.2, 0.25) is 11.8 Å². The van der Waals surface area contributed by atoms with Gasteiger partial charge in [-0.25, -0.2) is 0 Å². The lowest BCUT2D eigenvalue weighted by atomic mass is 9.97. The molecular weight excluding hydrogens is 376 g/mol. The molecule has 3 rings (SSSR count). The third-order valence-corrected chi connectivity index (χ3v) is 4.82. The van der Waals surface area contributed by atoms with Crippen LogP contribution < -0.4 is 15.6 Å². The quantitative estimate of drug-likeness (QED) is 0.640. The molecule has 6 heteroatoms. The lowest BCUT2D eigenvalue weighted by Gasteiger charge is -2.14. The number of fused-ring (bicyclic) bond motifs is 1. The summed E-state index contributed by atoms with van der Waals surface area (Å²) in [6, 6.07) is 18.6. The highest BCUT2D eigenvalue weighted by Crippen LogP contribution is 2.25. The molecule has 0 aliphatic heterocycles. The molecule has 0 aromatic heterocycles. The summed E-state index contributed by atoms with van der Waals surface area (Å²) in [5.74, 6) is -0.206. The Hall–Kier alpha value is -3.05. The van der Waals surface area contributed by atoms with Gasteiger partial charge in [-0.3, -0.25) is 20.4 Å². The van der Waals surface area contributed by atoms with Crippen LogP contribution in [0.1, 0.15) is 24.0 Å². The van der Waals surface area contributed by atoms with Crippen LogP contribution in [0.5, 0.6) is 5.75 Å². The number of ether oxygens (including phenoxy) is 1. The molecule has 3 aromatic carbocycles. The molecule has 0 bridgehead atoms. The van der Waals surface area contributed by atoms with Gasteiger partial charge in [-0.15, -0.1) is 0 Å². The first-order valence-corrected chi connectivity index (χ1v) is 9.25. The van der Waals surface area contributed by atoms with E-state index in [0.717, 1.165) is 27.6 Å². The van der Waals surface area contributed by atoms with Crippen molar-refractivity contribution in [3.8, 4) is 5.75 Å². The van der Waals surface area contributed by atoms with Gasteiger partial charge in [0.25, 0.3) is 0 Å². The Balaban J connectivity index is 1.59. The number of amides is 2. The van der Waals surface area contributed by atoms with Crippen LogP contribution in [0.4, 0.5) is 0 Å². The van der Waals surface area contributed by atoms with Gasteiger partial charge >= 0.3 is 0 Å². The van der Waals surface area contributed by atoms with E-state index in [1.165, 1.54) is 0 Å². The van der Waals surface area contributed by atoms with Gasteiger partial charge in [-0.2, -0.15) is 0 Å². The van der Waals surface area contributed by atoms with E-state index in [-0.39, 0.29) is 18.2 Å². The van der Waals surface area contributed by atoms with E-state index in [1.54, 1.807) is 38.3 Å². The van der Waals surface area contributed by atoms with Crippen molar-refractivity contribution in [2.75, 3.05) is 7.11 Å². The molecule has 0 saturated carbocycles. The Bertz CT molecular complexity index is 1000. The number of hydrogen-bond acceptors (Lipinski definition) is 3. The Morgan fingerprint density at radius 3 is 2.36 bits per heavy atom. The Labute approximate surface area is 168 Å². The minimum Gasteiger partial charge on any atom is -0.497 e. The topological polar surface area (TPSA) is 67.4 Å². The van der Waals surface area contributed by atoms with Crippen molar-refractivity contribution < 1.29 is 14.3 Å². The van der Waals surface area contributed by atoms with Crippen LogP contribution in [0, 0.1) is 0 Å². The van der Waals surface area contributed by atoms with Crippen molar-refractivity contribution in [1.82, 2.24) is 10.9 Å². The maximum atomic E-state index is 12.4. The zero-order chi connectivity index (χ0) is 20.1. The third kappa shape index (κ3) is 4.81. The number of nitrogens with one attached hydrogen (secondary N) is 2. The number of carbonyl (C=O) groups excluding carboxylic acids is 2. The normalized spacial score (nSPS) is 11.7. The van der Waals surface area contributed by atoms with E-state index in [4.69, 9.17) is 16.3 Å². The maximum Gasteiger partial charge on any atom is 0.245 e. The number of carbonyl (C=O) groups is 2. The monoisotopic (exact) mass is 396 g/mol. The fraction of sp³-hybridized carbons (Fsp3) is 0.182. The fourth-order valence-electron chi connectivity index (χ4n) is 2.86. The maximum absolute atomic E-state index is 12.4. The first-order chi connectivity index (χ1) is 13.5. The summed E-state index contributed by atoms with van der Waals surface area (Å²) in [6.07, 6.45) is 0.156. The average molecular weight is 397 g/mol. The summed E-state index contributed by atoms with van der Waals surface area (Å²) in [6.45, 7) is 1.80. The predicted molar refractivity (Wildman–Crippen MR) is 110 cm³/mol. The summed E-state index contributed by atoms with van der Waals surface area (Å²) >= 11 is 5.83. The second-order valence-electron chi connectivity index (χ2n) is 6.53. The van der Waals surface area contributed by atoms with E-state index in [2.05, 4.69) is 10.9 Å². The first kappa shape index (κ1) is 19.7. The standard InChI is InChI=1S/C22H21ClN2O3/c1-14(16-5-6-18-13-20(28-2)10-7-17(18)12-16)22(27)25-24-21(26)11-15-3-8-19(23)9-4-15/h3-10,12-14H,11H2,1-2H3,(H,24,26)(H,25,27)/t14-/m0/s1. The van der Waals surface area contributed by atoms with Crippen LogP contribution in [-0.4, -0.2) is 18.9 Å². The Kier molecular flexibility index (Phi) is 6.16. The van der Waals surface area contributed by atoms with Gasteiger partial charge < -0.3 is 4.74 Å². The SMILES string of the molecule is COc1ccc2cc([C@H](C)C(=O)NNC(=O)Cc3ccc(Cl)cc3)ccc2c1. The summed E-state index contributed by atoms with van der Waals surface area (Å²) in [7, 11) is 1.63. The Morgan fingerprint density at radius 1 is 0.964 bits per heavy atom. The summed E-state index contributed by atoms with van der Waals surface area (Å²) in [5, 5.41) is 2.66. The zero-order valence-electron chi connectivity index (χ0n) is 15.7. The molecule has 2 amide bonds. The molecule has 3 aromatic rings. The molecule has 28 heavy (non-hydrogen) atoms. The van der Waals surface area contributed by atoms with E-state index < -0.39 is 5.92 Å². The summed E-state index contributed by atoms with van der Waals surface area (Å²) in [4.78, 5) is 24.4. The highest BCUT2D eigenvalue weighted by atomic mass is 35.5. The second-order valence-corrected chi connectivity index (χ2v) is 6.97. The molecule has 0 aliphatic rings. The number of benzene rings is 3. The molecule has 0 aliphatic carbocycles. The van der Waals surface area contributed by atoms with Gasteiger partial charge in [0.1, 0.15) is 5.75 Å². The number of hydrogen-bond donors (Lipinski definition) is 2. The van der Waals surface area contributed by atoms with Crippen LogP contribution in [0.3, 0.4) is 0 Å². The van der Waals surface area contributed by atoms with Crippen LogP contribution in [0.25, 0.3) is 10.8 Å². The highest BCUT2D eigenvalue weighted by molar-refractivity contribution is 6.30. The van der Waals surface area contributed by atoms with Gasteiger partial charge in [0, 0.05) is 5.02 Å². The molecule has 0 radical (unpaired) electrons. The lowest BCUT2D eigenvalue weighted by Crippen LogP contribution is -2.44. The van der Waals surface area contributed by atoms with Crippen LogP contribution in [0.15, 0.2) is 60.7 Å². The second kappa shape index (κ2) is 8.76. The van der Waals surface area contributed by atoms with Gasteiger partial charge in [-0.05, 0) is 53.1 Å². The van der Waals surface area contributed by atoms with Crippen LogP contribution in [0.2, 0.25) is 5.02 Å². The molecule has 2 N–H and O–H groups in total. The van der Waals surface area contributed by atoms with E-state index in [9.17, 15) is 9.59 Å². The molecular formula is C22H21ClN2O3. The fourth-order valence-corrected chi connectivity index (χ4v) is 2.99. The number of rotatable bonds is 5. The van der Waals surface area contributed by atoms with Crippen molar-refractivity contribution in [3.05, 3.63) is 76.8 Å². The zero-order valence-corrected chi connectivity index (χ0v) is 16.4. The van der Waals surface area contributed by atoms with Crippen LogP contribution >= 0.6 is 11.6 Å². The minimum absolute atomic E-state index is 0.156. The minimum atomic E-state index is -0.415. The molecule has 0 fully saturated rings. The number of hydrazine groups is 1. The van der Waals surface area contributed by atoms with Crippen LogP contribution in [-0.2, 0) is 16.0 Å². The first-order valence-electron chi connectivity index (χ1n) is 8.87. The molecule has 0 spiro atoms. The van der Waals surface area contributed by atoms with Crippen molar-refractivity contribution in [2.24, 2.45) is 0 Å². The largest absolute Gasteiger partial charge is 0.497 e. The van der Waals surface area contributed by atoms with Crippen molar-refractivity contribution in [3.63, 3.8) is 0 Å². The van der Waals surface area contributed by atoms with Gasteiger partial charge in [-0.1, -0.05) is 48.0 Å². The van der Waals surface area contributed by atoms with Crippen molar-refractivity contribution >= 4 is 34.2 Å². The van der Waals surface area contributed by atoms with Gasteiger partial charge in [0.05, 0.1) is 19.4 Å². The molecule has 5 nitrogen and oxygen atoms in total. The molecule has 0 unspecified atom stereocenters. The van der Waals surface area contributed by atoms with Gasteiger partial charge in [0.15, 0.2) is 0 Å². The molecule has 0 saturated heterocycles. The Morgan fingerprint density at radius 2 is 1.64 bits per heavy atom. The average Bonchev–Trinajstić information content (AvgIpc) is 2.72. The predicted octanol–water partition coefficient (Wildman–Crippen LogP) is 4.00. The number of methoxy groups -OCH3 is 1.